The minimum atomic E-state index is -0.394. The van der Waals surface area contributed by atoms with Crippen LogP contribution in [-0.2, 0) is 4.79 Å². The standard InChI is InChI=1S/C19H21N5O2S/c1-4-26-17-8-6-5-7-16(17)20-18(25)14(3)27-19-21-22-23-24(19)15-11-9-13(2)10-12-15/h5-12,14H,4H2,1-3H3,(H,20,25). The molecule has 0 spiro atoms. The summed E-state index contributed by atoms with van der Waals surface area (Å²) in [6.45, 7) is 6.27. The van der Waals surface area contributed by atoms with Crippen molar-refractivity contribution >= 4 is 23.4 Å². The third kappa shape index (κ3) is 4.65. The van der Waals surface area contributed by atoms with Crippen molar-refractivity contribution in [2.24, 2.45) is 0 Å². The fourth-order valence-electron chi connectivity index (χ4n) is 2.40. The van der Waals surface area contributed by atoms with Crippen LogP contribution in [0.2, 0.25) is 0 Å². The number of tetrazole rings is 1. The maximum Gasteiger partial charge on any atom is 0.237 e. The molecule has 1 heterocycles. The lowest BCUT2D eigenvalue weighted by molar-refractivity contribution is -0.115. The number of rotatable bonds is 7. The lowest BCUT2D eigenvalue weighted by Crippen LogP contribution is -2.23. The van der Waals surface area contributed by atoms with E-state index in [2.05, 4.69) is 20.8 Å². The van der Waals surface area contributed by atoms with Crippen LogP contribution in [0.1, 0.15) is 19.4 Å². The van der Waals surface area contributed by atoms with Crippen molar-refractivity contribution in [1.29, 1.82) is 0 Å². The molecule has 3 rings (SSSR count). The molecule has 27 heavy (non-hydrogen) atoms. The first-order chi connectivity index (χ1) is 13.1. The van der Waals surface area contributed by atoms with Gasteiger partial charge in [0.15, 0.2) is 0 Å². The molecule has 1 unspecified atom stereocenters. The number of aryl methyl sites for hydroxylation is 1. The molecule has 0 fully saturated rings. The number of para-hydroxylation sites is 2. The van der Waals surface area contributed by atoms with Gasteiger partial charge >= 0.3 is 0 Å². The van der Waals surface area contributed by atoms with E-state index in [0.717, 1.165) is 11.3 Å². The monoisotopic (exact) mass is 383 g/mol. The van der Waals surface area contributed by atoms with Crippen molar-refractivity contribution < 1.29 is 9.53 Å². The molecule has 1 aromatic heterocycles. The Labute approximate surface area is 162 Å². The first kappa shape index (κ1) is 18.9. The molecule has 1 N–H and O–H groups in total. The van der Waals surface area contributed by atoms with Crippen LogP contribution in [0.3, 0.4) is 0 Å². The minimum absolute atomic E-state index is 0.148. The Bertz CT molecular complexity index is 910. The highest BCUT2D eigenvalue weighted by Gasteiger charge is 2.20. The molecule has 7 nitrogen and oxygen atoms in total. The number of carbonyl (C=O) groups excluding carboxylic acids is 1. The topological polar surface area (TPSA) is 81.9 Å². The van der Waals surface area contributed by atoms with Gasteiger partial charge in [-0.05, 0) is 55.5 Å². The third-order valence-corrected chi connectivity index (χ3v) is 4.85. The van der Waals surface area contributed by atoms with E-state index in [1.54, 1.807) is 4.68 Å². The van der Waals surface area contributed by atoms with Gasteiger partial charge in [-0.15, -0.1) is 5.10 Å². The van der Waals surface area contributed by atoms with Gasteiger partial charge in [0.1, 0.15) is 5.75 Å². The van der Waals surface area contributed by atoms with Crippen LogP contribution in [0.5, 0.6) is 5.75 Å². The maximum atomic E-state index is 12.6. The number of hydrogen-bond acceptors (Lipinski definition) is 6. The first-order valence-electron chi connectivity index (χ1n) is 8.63. The van der Waals surface area contributed by atoms with Gasteiger partial charge < -0.3 is 10.1 Å². The van der Waals surface area contributed by atoms with Crippen LogP contribution < -0.4 is 10.1 Å². The Morgan fingerprint density at radius 2 is 1.96 bits per heavy atom. The number of nitrogens with zero attached hydrogens (tertiary/aromatic N) is 4. The summed E-state index contributed by atoms with van der Waals surface area (Å²) in [5, 5.41) is 14.9. The van der Waals surface area contributed by atoms with E-state index in [1.165, 1.54) is 11.8 Å². The van der Waals surface area contributed by atoms with E-state index in [4.69, 9.17) is 4.74 Å². The number of amides is 1. The number of hydrogen-bond donors (Lipinski definition) is 1. The zero-order chi connectivity index (χ0) is 19.2. The van der Waals surface area contributed by atoms with Crippen LogP contribution >= 0.6 is 11.8 Å². The second kappa shape index (κ2) is 8.68. The summed E-state index contributed by atoms with van der Waals surface area (Å²) in [4.78, 5) is 12.6. The van der Waals surface area contributed by atoms with Crippen molar-refractivity contribution in [3.63, 3.8) is 0 Å². The Kier molecular flexibility index (Phi) is 6.08. The molecule has 140 valence electrons. The number of nitrogens with one attached hydrogen (secondary N) is 1. The first-order valence-corrected chi connectivity index (χ1v) is 9.51. The smallest absolute Gasteiger partial charge is 0.237 e. The average Bonchev–Trinajstić information content (AvgIpc) is 3.12. The van der Waals surface area contributed by atoms with Crippen molar-refractivity contribution in [2.75, 3.05) is 11.9 Å². The summed E-state index contributed by atoms with van der Waals surface area (Å²) in [6, 6.07) is 15.2. The van der Waals surface area contributed by atoms with Gasteiger partial charge in [-0.3, -0.25) is 4.79 Å². The van der Waals surface area contributed by atoms with Crippen LogP contribution in [0.25, 0.3) is 5.69 Å². The van der Waals surface area contributed by atoms with Crippen molar-refractivity contribution in [1.82, 2.24) is 20.2 Å². The molecule has 8 heteroatoms. The van der Waals surface area contributed by atoms with E-state index >= 15 is 0 Å². The van der Waals surface area contributed by atoms with Gasteiger partial charge in [0.25, 0.3) is 0 Å². The lowest BCUT2D eigenvalue weighted by Gasteiger charge is -2.14. The maximum absolute atomic E-state index is 12.6. The number of aromatic nitrogens is 4. The van der Waals surface area contributed by atoms with Gasteiger partial charge in [0, 0.05) is 0 Å². The van der Waals surface area contributed by atoms with Gasteiger partial charge in [-0.1, -0.05) is 41.6 Å². The Balaban J connectivity index is 1.71. The summed E-state index contributed by atoms with van der Waals surface area (Å²) < 4.78 is 7.18. The van der Waals surface area contributed by atoms with Crippen LogP contribution in [0, 0.1) is 6.92 Å². The predicted octanol–water partition coefficient (Wildman–Crippen LogP) is 3.49. The molecule has 0 radical (unpaired) electrons. The molecule has 0 bridgehead atoms. The Morgan fingerprint density at radius 1 is 1.22 bits per heavy atom. The largest absolute Gasteiger partial charge is 0.492 e. The normalized spacial score (nSPS) is 11.8. The molecule has 0 aliphatic carbocycles. The van der Waals surface area contributed by atoms with Crippen molar-refractivity contribution in [3.8, 4) is 11.4 Å². The lowest BCUT2D eigenvalue weighted by atomic mass is 10.2. The SMILES string of the molecule is CCOc1ccccc1NC(=O)C(C)Sc1nnnn1-c1ccc(C)cc1. The van der Waals surface area contributed by atoms with E-state index < -0.39 is 5.25 Å². The number of ether oxygens (including phenoxy) is 1. The molecule has 0 aliphatic heterocycles. The number of thioether (sulfide) groups is 1. The summed E-state index contributed by atoms with van der Waals surface area (Å²) >= 11 is 1.30. The summed E-state index contributed by atoms with van der Waals surface area (Å²) in [6.07, 6.45) is 0. The summed E-state index contributed by atoms with van der Waals surface area (Å²) in [7, 11) is 0. The zero-order valence-electron chi connectivity index (χ0n) is 15.4. The van der Waals surface area contributed by atoms with Gasteiger partial charge in [0.2, 0.25) is 11.1 Å². The van der Waals surface area contributed by atoms with Crippen LogP contribution in [0.15, 0.2) is 53.7 Å². The average molecular weight is 383 g/mol. The number of anilines is 1. The van der Waals surface area contributed by atoms with E-state index in [0.29, 0.717) is 23.2 Å². The van der Waals surface area contributed by atoms with Gasteiger partial charge in [0.05, 0.1) is 23.2 Å². The third-order valence-electron chi connectivity index (χ3n) is 3.82. The highest BCUT2D eigenvalue weighted by Crippen LogP contribution is 2.27. The fourth-order valence-corrected chi connectivity index (χ4v) is 3.21. The molecule has 0 aliphatic rings. The second-order valence-corrected chi connectivity index (χ2v) is 7.20. The molecule has 1 atom stereocenters. The molecular weight excluding hydrogens is 362 g/mol. The summed E-state index contributed by atoms with van der Waals surface area (Å²) in [5.74, 6) is 0.501. The van der Waals surface area contributed by atoms with Crippen molar-refractivity contribution in [3.05, 3.63) is 54.1 Å². The molecule has 2 aromatic carbocycles. The van der Waals surface area contributed by atoms with E-state index in [1.807, 2.05) is 69.3 Å². The van der Waals surface area contributed by atoms with Crippen LogP contribution in [-0.4, -0.2) is 38.0 Å². The molecule has 0 saturated carbocycles. The molecule has 3 aromatic rings. The second-order valence-electron chi connectivity index (χ2n) is 5.89. The zero-order valence-corrected chi connectivity index (χ0v) is 16.2. The van der Waals surface area contributed by atoms with E-state index in [9.17, 15) is 4.79 Å². The van der Waals surface area contributed by atoms with Crippen molar-refractivity contribution in [2.45, 2.75) is 31.2 Å². The van der Waals surface area contributed by atoms with Crippen LogP contribution in [0.4, 0.5) is 5.69 Å². The Hall–Kier alpha value is -2.87. The minimum Gasteiger partial charge on any atom is -0.492 e. The van der Waals surface area contributed by atoms with Gasteiger partial charge in [-0.2, -0.15) is 4.68 Å². The summed E-state index contributed by atoms with van der Waals surface area (Å²) in [5.41, 5.74) is 2.65. The number of benzene rings is 2. The highest BCUT2D eigenvalue weighted by atomic mass is 32.2. The highest BCUT2D eigenvalue weighted by molar-refractivity contribution is 8.00. The predicted molar refractivity (Wildman–Crippen MR) is 105 cm³/mol. The molecule has 0 saturated heterocycles. The van der Waals surface area contributed by atoms with Gasteiger partial charge in [-0.25, -0.2) is 0 Å². The Morgan fingerprint density at radius 3 is 2.70 bits per heavy atom. The quantitative estimate of drug-likeness (QED) is 0.629. The number of carbonyl (C=O) groups is 1. The fraction of sp³-hybridized carbons (Fsp3) is 0.263. The molecule has 1 amide bonds. The van der Waals surface area contributed by atoms with E-state index in [-0.39, 0.29) is 5.91 Å². The molecular formula is C19H21N5O2S.